The molecule has 1 aromatic rings. The van der Waals surface area contributed by atoms with E-state index in [1.165, 1.54) is 5.57 Å². The van der Waals surface area contributed by atoms with Crippen molar-refractivity contribution in [3.05, 3.63) is 35.5 Å². The van der Waals surface area contributed by atoms with Crippen LogP contribution in [-0.2, 0) is 11.3 Å². The van der Waals surface area contributed by atoms with E-state index in [0.717, 1.165) is 44.2 Å². The van der Waals surface area contributed by atoms with Crippen molar-refractivity contribution in [1.82, 2.24) is 10.3 Å². The molecule has 0 atom stereocenters. The van der Waals surface area contributed by atoms with Gasteiger partial charge in [0.25, 0.3) is 0 Å². The van der Waals surface area contributed by atoms with Crippen molar-refractivity contribution in [2.75, 3.05) is 31.7 Å². The molecule has 0 aromatic carbocycles. The van der Waals surface area contributed by atoms with Gasteiger partial charge in [-0.05, 0) is 24.1 Å². The molecule has 1 aliphatic heterocycles. The molecule has 110 valence electrons. The van der Waals surface area contributed by atoms with Crippen molar-refractivity contribution in [2.45, 2.75) is 32.9 Å². The molecule has 0 aliphatic carbocycles. The van der Waals surface area contributed by atoms with Crippen LogP contribution >= 0.6 is 0 Å². The van der Waals surface area contributed by atoms with Gasteiger partial charge >= 0.3 is 0 Å². The van der Waals surface area contributed by atoms with Crippen LogP contribution in [0.25, 0.3) is 0 Å². The molecule has 20 heavy (non-hydrogen) atoms. The summed E-state index contributed by atoms with van der Waals surface area (Å²) in [7, 11) is 1.75. The van der Waals surface area contributed by atoms with E-state index >= 15 is 0 Å². The van der Waals surface area contributed by atoms with Crippen LogP contribution in [0.4, 0.5) is 5.82 Å². The Morgan fingerprint density at radius 3 is 2.90 bits per heavy atom. The van der Waals surface area contributed by atoms with Gasteiger partial charge in [-0.15, -0.1) is 0 Å². The number of rotatable bonds is 6. The lowest BCUT2D eigenvalue weighted by atomic mass is 10.1. The zero-order valence-corrected chi connectivity index (χ0v) is 12.7. The Kier molecular flexibility index (Phi) is 5.56. The molecule has 0 bridgehead atoms. The highest BCUT2D eigenvalue weighted by Crippen LogP contribution is 2.18. The standard InChI is InChI=1S/C16H25N3O/c1-13(2)17-11-15-5-4-6-16(18-15)19-9-7-14(8-10-19)12-20-3/h4-7,13,17H,8-12H2,1-3H3. The van der Waals surface area contributed by atoms with Gasteiger partial charge in [0.15, 0.2) is 0 Å². The van der Waals surface area contributed by atoms with E-state index in [1.807, 2.05) is 0 Å². The summed E-state index contributed by atoms with van der Waals surface area (Å²) >= 11 is 0. The SMILES string of the molecule is COCC1=CCN(c2cccc(CNC(C)C)n2)CC1. The summed E-state index contributed by atoms with van der Waals surface area (Å²) in [5, 5.41) is 3.41. The lowest BCUT2D eigenvalue weighted by Crippen LogP contribution is -2.30. The Morgan fingerprint density at radius 1 is 1.40 bits per heavy atom. The number of aromatic nitrogens is 1. The molecule has 4 nitrogen and oxygen atoms in total. The van der Waals surface area contributed by atoms with Crippen LogP contribution in [0.1, 0.15) is 26.0 Å². The molecule has 4 heteroatoms. The van der Waals surface area contributed by atoms with Crippen molar-refractivity contribution in [3.63, 3.8) is 0 Å². The summed E-state index contributed by atoms with van der Waals surface area (Å²) in [6.45, 7) is 7.81. The molecule has 1 aromatic heterocycles. The van der Waals surface area contributed by atoms with Crippen molar-refractivity contribution >= 4 is 5.82 Å². The number of ether oxygens (including phenoxy) is 1. The Hall–Kier alpha value is -1.39. The average Bonchev–Trinajstić information content (AvgIpc) is 2.47. The van der Waals surface area contributed by atoms with Crippen LogP contribution in [0.2, 0.25) is 0 Å². The van der Waals surface area contributed by atoms with E-state index in [1.54, 1.807) is 7.11 Å². The highest BCUT2D eigenvalue weighted by atomic mass is 16.5. The van der Waals surface area contributed by atoms with Gasteiger partial charge in [-0.1, -0.05) is 26.0 Å². The summed E-state index contributed by atoms with van der Waals surface area (Å²) < 4.78 is 5.18. The Morgan fingerprint density at radius 2 is 2.25 bits per heavy atom. The molecule has 0 saturated heterocycles. The molecular formula is C16H25N3O. The topological polar surface area (TPSA) is 37.4 Å². The minimum Gasteiger partial charge on any atom is -0.380 e. The lowest BCUT2D eigenvalue weighted by molar-refractivity contribution is 0.222. The van der Waals surface area contributed by atoms with Gasteiger partial charge in [0, 0.05) is 32.8 Å². The number of methoxy groups -OCH3 is 1. The molecule has 2 heterocycles. The third-order valence-corrected chi connectivity index (χ3v) is 3.44. The lowest BCUT2D eigenvalue weighted by Gasteiger charge is -2.27. The summed E-state index contributed by atoms with van der Waals surface area (Å²) in [4.78, 5) is 7.06. The van der Waals surface area contributed by atoms with Crippen molar-refractivity contribution < 1.29 is 4.74 Å². The van der Waals surface area contributed by atoms with Gasteiger partial charge in [0.1, 0.15) is 5.82 Å². The first-order valence-corrected chi connectivity index (χ1v) is 7.30. The first-order chi connectivity index (χ1) is 9.69. The molecule has 0 spiro atoms. The van der Waals surface area contributed by atoms with Crippen LogP contribution in [0.3, 0.4) is 0 Å². The molecule has 0 radical (unpaired) electrons. The quantitative estimate of drug-likeness (QED) is 0.809. The van der Waals surface area contributed by atoms with E-state index < -0.39 is 0 Å². The maximum Gasteiger partial charge on any atom is 0.129 e. The third-order valence-electron chi connectivity index (χ3n) is 3.44. The Bertz CT molecular complexity index is 457. The molecule has 0 unspecified atom stereocenters. The molecule has 1 aliphatic rings. The molecule has 0 fully saturated rings. The zero-order valence-electron chi connectivity index (χ0n) is 12.7. The number of anilines is 1. The number of hydrogen-bond acceptors (Lipinski definition) is 4. The van der Waals surface area contributed by atoms with E-state index in [0.29, 0.717) is 6.04 Å². The van der Waals surface area contributed by atoms with E-state index in [2.05, 4.69) is 48.3 Å². The monoisotopic (exact) mass is 275 g/mol. The second-order valence-corrected chi connectivity index (χ2v) is 5.51. The van der Waals surface area contributed by atoms with Crippen molar-refractivity contribution in [1.29, 1.82) is 0 Å². The van der Waals surface area contributed by atoms with Crippen LogP contribution in [-0.4, -0.2) is 37.8 Å². The second kappa shape index (κ2) is 7.41. The summed E-state index contributed by atoms with van der Waals surface area (Å²) in [5.41, 5.74) is 2.49. The first kappa shape index (κ1) is 15.0. The predicted octanol–water partition coefficient (Wildman–Crippen LogP) is 2.36. The van der Waals surface area contributed by atoms with Gasteiger partial charge in [-0.25, -0.2) is 4.98 Å². The van der Waals surface area contributed by atoms with Gasteiger partial charge in [0.05, 0.1) is 12.3 Å². The molecule has 1 N–H and O–H groups in total. The van der Waals surface area contributed by atoms with Crippen molar-refractivity contribution in [2.24, 2.45) is 0 Å². The van der Waals surface area contributed by atoms with Gasteiger partial charge in [-0.2, -0.15) is 0 Å². The average molecular weight is 275 g/mol. The number of hydrogen-bond donors (Lipinski definition) is 1. The highest BCUT2D eigenvalue weighted by Gasteiger charge is 2.13. The summed E-state index contributed by atoms with van der Waals surface area (Å²) in [5.74, 6) is 1.07. The molecule has 0 saturated carbocycles. The normalized spacial score (nSPS) is 15.6. The van der Waals surface area contributed by atoms with Gasteiger partial charge in [0.2, 0.25) is 0 Å². The Labute approximate surface area is 121 Å². The minimum atomic E-state index is 0.481. The van der Waals surface area contributed by atoms with Crippen LogP contribution in [0.5, 0.6) is 0 Å². The number of pyridine rings is 1. The minimum absolute atomic E-state index is 0.481. The van der Waals surface area contributed by atoms with E-state index in [-0.39, 0.29) is 0 Å². The molecule has 2 rings (SSSR count). The van der Waals surface area contributed by atoms with Crippen LogP contribution < -0.4 is 10.2 Å². The largest absolute Gasteiger partial charge is 0.380 e. The number of nitrogens with one attached hydrogen (secondary N) is 1. The summed E-state index contributed by atoms with van der Waals surface area (Å²) in [6, 6.07) is 6.74. The highest BCUT2D eigenvalue weighted by molar-refractivity contribution is 5.42. The maximum atomic E-state index is 5.18. The summed E-state index contributed by atoms with van der Waals surface area (Å²) in [6.07, 6.45) is 3.32. The van der Waals surface area contributed by atoms with Gasteiger partial charge < -0.3 is 15.0 Å². The fourth-order valence-corrected chi connectivity index (χ4v) is 2.29. The second-order valence-electron chi connectivity index (χ2n) is 5.51. The van der Waals surface area contributed by atoms with E-state index in [9.17, 15) is 0 Å². The smallest absolute Gasteiger partial charge is 0.129 e. The van der Waals surface area contributed by atoms with Gasteiger partial charge in [-0.3, -0.25) is 0 Å². The van der Waals surface area contributed by atoms with Crippen molar-refractivity contribution in [3.8, 4) is 0 Å². The third kappa shape index (κ3) is 4.32. The first-order valence-electron chi connectivity index (χ1n) is 7.30. The maximum absolute atomic E-state index is 5.18. The van der Waals surface area contributed by atoms with E-state index in [4.69, 9.17) is 9.72 Å². The Balaban J connectivity index is 1.97. The zero-order chi connectivity index (χ0) is 14.4. The predicted molar refractivity (Wildman–Crippen MR) is 83.0 cm³/mol. The molecule has 0 amide bonds. The van der Waals surface area contributed by atoms with Crippen LogP contribution in [0, 0.1) is 0 Å². The fraction of sp³-hybridized carbons (Fsp3) is 0.562. The van der Waals surface area contributed by atoms with Crippen LogP contribution in [0.15, 0.2) is 29.8 Å². The fourth-order valence-electron chi connectivity index (χ4n) is 2.29. The number of nitrogens with zero attached hydrogens (tertiary/aromatic N) is 2. The molecular weight excluding hydrogens is 250 g/mol.